The lowest BCUT2D eigenvalue weighted by Crippen LogP contribution is -2.54. The summed E-state index contributed by atoms with van der Waals surface area (Å²) in [7, 11) is 0. The van der Waals surface area contributed by atoms with Crippen LogP contribution >= 0.6 is 15.9 Å². The highest BCUT2D eigenvalue weighted by Crippen LogP contribution is 2.35. The van der Waals surface area contributed by atoms with Crippen molar-refractivity contribution in [3.8, 4) is 0 Å². The fourth-order valence-electron chi connectivity index (χ4n) is 2.92. The van der Waals surface area contributed by atoms with E-state index in [0.717, 1.165) is 34.1 Å². The number of ether oxygens (including phenoxy) is 1. The van der Waals surface area contributed by atoms with Crippen LogP contribution in [0.15, 0.2) is 46.8 Å². The maximum atomic E-state index is 14.2. The van der Waals surface area contributed by atoms with Crippen molar-refractivity contribution in [1.82, 2.24) is 4.90 Å². The number of rotatable bonds is 5. The molecule has 154 valence electrons. The molecule has 0 spiro atoms. The Morgan fingerprint density at radius 1 is 1.10 bits per heavy atom. The van der Waals surface area contributed by atoms with E-state index < -0.39 is 47.8 Å². The first-order valence-corrected chi connectivity index (χ1v) is 9.17. The fraction of sp³-hybridized carbons (Fsp3) is 0.211. The second kappa shape index (κ2) is 8.42. The largest absolute Gasteiger partial charge is 0.473 e. The van der Waals surface area contributed by atoms with E-state index in [0.29, 0.717) is 6.07 Å². The van der Waals surface area contributed by atoms with Crippen LogP contribution in [0.1, 0.15) is 12.5 Å². The van der Waals surface area contributed by atoms with Gasteiger partial charge in [-0.25, -0.2) is 17.6 Å². The molecule has 0 fully saturated rings. The number of hydrogen-bond donors (Lipinski definition) is 1. The molecule has 1 aliphatic heterocycles. The summed E-state index contributed by atoms with van der Waals surface area (Å²) in [6.45, 7) is 0.389. The lowest BCUT2D eigenvalue weighted by Gasteiger charge is -2.42. The number of benzene rings is 2. The molecule has 1 N–H and O–H groups in total. The molecular formula is C19H15BrF4N2O3. The second-order valence-electron chi connectivity index (χ2n) is 6.13. The van der Waals surface area contributed by atoms with Crippen LogP contribution in [0.25, 0.3) is 0 Å². The molecule has 10 heteroatoms. The predicted octanol–water partition coefficient (Wildman–Crippen LogP) is 3.97. The summed E-state index contributed by atoms with van der Waals surface area (Å²) < 4.78 is 60.6. The minimum absolute atomic E-state index is 0.0137. The molecule has 3 rings (SSSR count). The first kappa shape index (κ1) is 21.1. The fourth-order valence-corrected chi connectivity index (χ4v) is 3.46. The lowest BCUT2D eigenvalue weighted by molar-refractivity contribution is -0.118. The van der Waals surface area contributed by atoms with E-state index in [2.05, 4.69) is 15.9 Å². The van der Waals surface area contributed by atoms with Gasteiger partial charge in [-0.05, 0) is 47.1 Å². The zero-order chi connectivity index (χ0) is 21.3. The highest BCUT2D eigenvalue weighted by Gasteiger charge is 2.40. The summed E-state index contributed by atoms with van der Waals surface area (Å²) in [5, 5.41) is 9.77. The quantitative estimate of drug-likeness (QED) is 0.666. The number of anilines is 1. The number of para-hydroxylation sites is 1. The van der Waals surface area contributed by atoms with Crippen LogP contribution in [0.5, 0.6) is 0 Å². The first-order chi connectivity index (χ1) is 13.8. The van der Waals surface area contributed by atoms with Crippen LogP contribution in [-0.4, -0.2) is 28.8 Å². The Bertz CT molecular complexity index is 966. The van der Waals surface area contributed by atoms with Crippen LogP contribution in [0.3, 0.4) is 0 Å². The second-order valence-corrected chi connectivity index (χ2v) is 6.93. The Hall–Kier alpha value is -2.59. The maximum Gasteiger partial charge on any atom is 0.272 e. The Kier molecular flexibility index (Phi) is 6.13. The molecule has 0 saturated carbocycles. The van der Waals surface area contributed by atoms with E-state index in [-0.39, 0.29) is 22.5 Å². The minimum Gasteiger partial charge on any atom is -0.473 e. The number of halogens is 5. The van der Waals surface area contributed by atoms with E-state index >= 15 is 0 Å². The van der Waals surface area contributed by atoms with Crippen LogP contribution < -0.4 is 4.90 Å². The number of carbonyl (C=O) groups excluding carboxylic acids is 1. The number of hydrogen-bond acceptors (Lipinski definition) is 4. The van der Waals surface area contributed by atoms with Crippen LogP contribution in [-0.2, 0) is 16.1 Å². The van der Waals surface area contributed by atoms with Crippen molar-refractivity contribution in [2.24, 2.45) is 0 Å². The van der Waals surface area contributed by atoms with Crippen molar-refractivity contribution in [3.05, 3.63) is 75.6 Å². The van der Waals surface area contributed by atoms with Gasteiger partial charge in [0.05, 0.1) is 0 Å². The van der Waals surface area contributed by atoms with Crippen molar-refractivity contribution in [2.45, 2.75) is 19.7 Å². The Labute approximate surface area is 171 Å². The van der Waals surface area contributed by atoms with E-state index in [1.165, 1.54) is 13.0 Å². The van der Waals surface area contributed by atoms with Gasteiger partial charge >= 0.3 is 0 Å². The lowest BCUT2D eigenvalue weighted by atomic mass is 10.2. The van der Waals surface area contributed by atoms with Crippen molar-refractivity contribution in [2.75, 3.05) is 11.6 Å². The minimum atomic E-state index is -1.03. The van der Waals surface area contributed by atoms with Gasteiger partial charge in [0.15, 0.2) is 0 Å². The third-order valence-electron chi connectivity index (χ3n) is 4.39. The normalized spacial score (nSPS) is 17.2. The van der Waals surface area contributed by atoms with Crippen molar-refractivity contribution in [1.29, 1.82) is 0 Å². The molecule has 29 heavy (non-hydrogen) atoms. The molecule has 1 heterocycles. The molecule has 0 bridgehead atoms. The van der Waals surface area contributed by atoms with Crippen LogP contribution in [0.2, 0.25) is 0 Å². The Morgan fingerprint density at radius 2 is 1.76 bits per heavy atom. The topological polar surface area (TPSA) is 53.0 Å². The van der Waals surface area contributed by atoms with Crippen LogP contribution in [0.4, 0.5) is 23.2 Å². The van der Waals surface area contributed by atoms with E-state index in [9.17, 15) is 27.5 Å². The molecule has 5 nitrogen and oxygen atoms in total. The zero-order valence-corrected chi connectivity index (χ0v) is 16.6. The maximum absolute atomic E-state index is 14.2. The Morgan fingerprint density at radius 3 is 2.34 bits per heavy atom. The number of amides is 1. The van der Waals surface area contributed by atoms with Gasteiger partial charge < -0.3 is 9.84 Å². The third kappa shape index (κ3) is 3.95. The van der Waals surface area contributed by atoms with Gasteiger partial charge in [-0.1, -0.05) is 6.07 Å². The van der Waals surface area contributed by atoms with E-state index in [1.54, 1.807) is 0 Å². The monoisotopic (exact) mass is 474 g/mol. The van der Waals surface area contributed by atoms with Gasteiger partial charge in [0.1, 0.15) is 52.9 Å². The molecule has 2 aromatic rings. The van der Waals surface area contributed by atoms with Gasteiger partial charge in [-0.15, -0.1) is 0 Å². The van der Waals surface area contributed by atoms with E-state index in [4.69, 9.17) is 4.74 Å². The molecule has 1 amide bonds. The molecule has 0 saturated heterocycles. The SMILES string of the molecule is CC1N(CO)C(OCc2ccc(F)cc2F)=C(Br)C(=O)N1c1c(F)cccc1F. The molecule has 0 aliphatic carbocycles. The molecule has 1 atom stereocenters. The van der Waals surface area contributed by atoms with Crippen molar-refractivity contribution >= 4 is 27.5 Å². The highest BCUT2D eigenvalue weighted by atomic mass is 79.9. The molecule has 1 unspecified atom stereocenters. The molecular weight excluding hydrogens is 460 g/mol. The van der Waals surface area contributed by atoms with Gasteiger partial charge in [-0.2, -0.15) is 0 Å². The summed E-state index contributed by atoms with van der Waals surface area (Å²) in [5.41, 5.74) is -0.566. The summed E-state index contributed by atoms with van der Waals surface area (Å²) >= 11 is 3.03. The molecule has 0 aromatic heterocycles. The van der Waals surface area contributed by atoms with Gasteiger partial charge in [0.2, 0.25) is 5.88 Å². The molecule has 0 radical (unpaired) electrons. The number of aliphatic hydroxyl groups excluding tert-OH is 1. The van der Waals surface area contributed by atoms with Crippen LogP contribution in [0, 0.1) is 23.3 Å². The standard InChI is InChI=1S/C19H15BrF4N2O3/c1-10-25(9-27)19(29-8-11-5-6-12(21)7-15(11)24)16(20)18(28)26(10)17-13(22)3-2-4-14(17)23/h2-7,10,27H,8-9H2,1H3. The smallest absolute Gasteiger partial charge is 0.272 e. The summed E-state index contributed by atoms with van der Waals surface area (Å²) in [5.74, 6) is -4.49. The van der Waals surface area contributed by atoms with Crippen molar-refractivity contribution in [3.63, 3.8) is 0 Å². The first-order valence-electron chi connectivity index (χ1n) is 8.37. The average Bonchev–Trinajstić information content (AvgIpc) is 2.67. The van der Waals surface area contributed by atoms with Gasteiger partial charge in [0, 0.05) is 11.6 Å². The summed E-state index contributed by atoms with van der Waals surface area (Å²) in [4.78, 5) is 14.8. The van der Waals surface area contributed by atoms with Crippen molar-refractivity contribution < 1.29 is 32.2 Å². The molecule has 1 aliphatic rings. The number of carbonyl (C=O) groups is 1. The zero-order valence-electron chi connectivity index (χ0n) is 15.0. The number of aliphatic hydroxyl groups is 1. The number of nitrogens with zero attached hydrogens (tertiary/aromatic N) is 2. The molecule has 2 aromatic carbocycles. The third-order valence-corrected chi connectivity index (χ3v) is 5.07. The predicted molar refractivity (Wildman–Crippen MR) is 99.3 cm³/mol. The van der Waals surface area contributed by atoms with Gasteiger partial charge in [-0.3, -0.25) is 14.6 Å². The van der Waals surface area contributed by atoms with E-state index in [1.807, 2.05) is 0 Å². The van der Waals surface area contributed by atoms with Gasteiger partial charge in [0.25, 0.3) is 5.91 Å². The Balaban J connectivity index is 1.96. The average molecular weight is 475 g/mol. The highest BCUT2D eigenvalue weighted by molar-refractivity contribution is 9.12. The summed E-state index contributed by atoms with van der Waals surface area (Å²) in [6.07, 6.45) is -1.03. The summed E-state index contributed by atoms with van der Waals surface area (Å²) in [6, 6.07) is 6.08.